The number of carbonyl (C=O) groups is 3. The van der Waals surface area contributed by atoms with E-state index in [1.165, 1.54) is 18.6 Å². The molecule has 2 unspecified atom stereocenters. The number of nitrogens with zero attached hydrogens (tertiary/aromatic N) is 2. The molecule has 1 saturated heterocycles. The number of hydrogen-bond acceptors (Lipinski definition) is 14. The molecule has 3 aliphatic rings. The van der Waals surface area contributed by atoms with Crippen molar-refractivity contribution in [2.45, 2.75) is 76.4 Å². The molecule has 3 aliphatic heterocycles. The number of rotatable bonds is 23. The molecular weight excluding hydrogens is 763 g/mol. The van der Waals surface area contributed by atoms with E-state index in [1.807, 2.05) is 46.7 Å². The van der Waals surface area contributed by atoms with Gasteiger partial charge < -0.3 is 43.0 Å². The molecule has 0 saturated carbocycles. The summed E-state index contributed by atoms with van der Waals surface area (Å²) < 4.78 is 39.9. The van der Waals surface area contributed by atoms with Crippen LogP contribution in [0.2, 0.25) is 0 Å². The van der Waals surface area contributed by atoms with Crippen LogP contribution in [-0.4, -0.2) is 105 Å². The molecule has 0 spiro atoms. The molecule has 16 heteroatoms. The van der Waals surface area contributed by atoms with Gasteiger partial charge in [-0.25, -0.2) is 14.6 Å². The predicted molar refractivity (Wildman–Crippen MR) is 214 cm³/mol. The molecule has 5 heterocycles. The number of amides is 1. The molecule has 0 radical (unpaired) electrons. The molecule has 0 bridgehead atoms. The van der Waals surface area contributed by atoms with Crippen molar-refractivity contribution < 1.29 is 47.5 Å². The number of fused-ring (bicyclic) bond motifs is 4. The summed E-state index contributed by atoms with van der Waals surface area (Å²) in [5, 5.41) is 5.26. The lowest BCUT2D eigenvalue weighted by atomic mass is 9.85. The first kappa shape index (κ1) is 43.5. The van der Waals surface area contributed by atoms with Crippen molar-refractivity contribution in [1.82, 2.24) is 14.9 Å². The Labute approximate surface area is 335 Å². The number of esters is 1. The summed E-state index contributed by atoms with van der Waals surface area (Å²) in [6.07, 6.45) is 9.41. The van der Waals surface area contributed by atoms with Crippen molar-refractivity contribution in [1.29, 1.82) is 0 Å². The van der Waals surface area contributed by atoms with Gasteiger partial charge in [0.25, 0.3) is 5.56 Å². The van der Waals surface area contributed by atoms with Crippen LogP contribution in [0.15, 0.2) is 29.6 Å². The summed E-state index contributed by atoms with van der Waals surface area (Å²) in [5.41, 5.74) is 0.291. The predicted octanol–water partition coefficient (Wildman–Crippen LogP) is 3.75. The van der Waals surface area contributed by atoms with Crippen LogP contribution in [0.3, 0.4) is 0 Å². The first-order chi connectivity index (χ1) is 27.3. The van der Waals surface area contributed by atoms with Gasteiger partial charge in [-0.05, 0) is 44.7 Å². The number of pyridine rings is 2. The summed E-state index contributed by atoms with van der Waals surface area (Å²) in [7, 11) is 3.93. The van der Waals surface area contributed by atoms with E-state index in [4.69, 9.17) is 38.1 Å². The largest absolute Gasteiger partial charge is 0.509 e. The third-order valence-corrected chi connectivity index (χ3v) is 12.6. The maximum Gasteiger partial charge on any atom is 0.509 e. The van der Waals surface area contributed by atoms with E-state index >= 15 is 0 Å². The van der Waals surface area contributed by atoms with Gasteiger partial charge in [0.2, 0.25) is 11.5 Å². The Bertz CT molecular complexity index is 1860. The number of allylic oxidation sites excluding steroid dienone is 1. The Hall–Kier alpha value is -3.67. The number of hydrogen-bond donors (Lipinski definition) is 1. The fourth-order valence-electron chi connectivity index (χ4n) is 6.69. The van der Waals surface area contributed by atoms with Crippen LogP contribution in [0.1, 0.15) is 69.1 Å². The molecule has 1 amide bonds. The van der Waals surface area contributed by atoms with Crippen molar-refractivity contribution in [2.75, 3.05) is 71.8 Å². The summed E-state index contributed by atoms with van der Waals surface area (Å²) >= 11 is 0. The fraction of sp³-hybridized carbons (Fsp3) is 0.575. The number of cyclic esters (lactones) is 1. The monoisotopic (exact) mass is 815 g/mol. The molecule has 5 rings (SSSR count). The van der Waals surface area contributed by atoms with Crippen LogP contribution in [-0.2, 0) is 61.5 Å². The van der Waals surface area contributed by atoms with Crippen molar-refractivity contribution >= 4 is 51.8 Å². The minimum atomic E-state index is -1.87. The third kappa shape index (κ3) is 11.5. The van der Waals surface area contributed by atoms with E-state index in [1.54, 1.807) is 23.6 Å². The number of carbonyl (C=O) groups excluding carboxylic acids is 3. The molecule has 56 heavy (non-hydrogen) atoms. The average molecular weight is 816 g/mol. The smallest absolute Gasteiger partial charge is 0.457 e. The van der Waals surface area contributed by atoms with Gasteiger partial charge in [0.05, 0.1) is 81.7 Å². The van der Waals surface area contributed by atoms with Crippen molar-refractivity contribution in [3.8, 4) is 11.4 Å². The minimum absolute atomic E-state index is 0.0158. The van der Waals surface area contributed by atoms with E-state index in [0.29, 0.717) is 70.5 Å². The molecule has 0 aliphatic carbocycles. The topological polar surface area (TPSA) is 163 Å². The second-order valence-electron chi connectivity index (χ2n) is 13.3. The first-order valence-corrected chi connectivity index (χ1v) is 21.6. The standard InChI is InChI=1S/C40H53N3O11S2/c1-4-9-28-24-29-26-43-34(36(29)42-33(28)5-2)25-32-31(37(43)45)27-53-38(46)40(32,6-3)54-39(47)52-22-21-51-20-19-50-18-17-49-16-15-48-14-13-41-35(44)11-8-7-10-30-12-23-55-56-30/h4-5,9,24-25,30H,1,6-8,10-23,26-27H2,2-3H3,(H,41,44). The van der Waals surface area contributed by atoms with Gasteiger partial charge in [0.1, 0.15) is 13.2 Å². The van der Waals surface area contributed by atoms with E-state index in [9.17, 15) is 19.2 Å². The Morgan fingerprint density at radius 3 is 2.41 bits per heavy atom. The summed E-state index contributed by atoms with van der Waals surface area (Å²) in [5.74, 6) is 0.538. The molecular formula is C40H53N3O11S2. The highest BCUT2D eigenvalue weighted by atomic mass is 33.1. The average Bonchev–Trinajstić information content (AvgIpc) is 3.85. The van der Waals surface area contributed by atoms with Gasteiger partial charge in [-0.15, -0.1) is 0 Å². The molecule has 2 aromatic rings. The zero-order valence-corrected chi connectivity index (χ0v) is 33.9. The van der Waals surface area contributed by atoms with E-state index in [-0.39, 0.29) is 55.4 Å². The highest BCUT2D eigenvalue weighted by molar-refractivity contribution is 8.77. The van der Waals surface area contributed by atoms with E-state index < -0.39 is 17.7 Å². The zero-order chi connectivity index (χ0) is 39.8. The SMILES string of the molecule is C=CC=c1cc2c(nc1=CC)-c1cc3c(c(=O)n1C2)COC(=O)C3(CC)OC(=O)OCCOCCOCCOCCOCCNC(=O)CCCCC1CCSS1. The molecule has 1 N–H and O–H groups in total. The van der Waals surface area contributed by atoms with Crippen molar-refractivity contribution in [3.63, 3.8) is 0 Å². The highest BCUT2D eigenvalue weighted by Crippen LogP contribution is 2.41. The van der Waals surface area contributed by atoms with E-state index in [0.717, 1.165) is 34.2 Å². The number of nitrogens with one attached hydrogen (secondary N) is 1. The lowest BCUT2D eigenvalue weighted by molar-refractivity contribution is -0.175. The summed E-state index contributed by atoms with van der Waals surface area (Å²) in [4.78, 5) is 56.6. The van der Waals surface area contributed by atoms with E-state index in [2.05, 4.69) is 11.9 Å². The van der Waals surface area contributed by atoms with Crippen LogP contribution in [0.25, 0.3) is 23.5 Å². The Balaban J connectivity index is 0.941. The molecule has 2 aromatic heterocycles. The normalized spacial score (nSPS) is 19.0. The van der Waals surface area contributed by atoms with Gasteiger partial charge in [-0.2, -0.15) is 0 Å². The Morgan fingerprint density at radius 1 is 1.04 bits per heavy atom. The van der Waals surface area contributed by atoms with Gasteiger partial charge in [0, 0.05) is 40.3 Å². The van der Waals surface area contributed by atoms with Crippen molar-refractivity contribution in [3.05, 3.63) is 62.4 Å². The third-order valence-electron chi connectivity index (χ3n) is 9.61. The molecule has 2 atom stereocenters. The molecule has 1 fully saturated rings. The Morgan fingerprint density at radius 2 is 1.75 bits per heavy atom. The maximum atomic E-state index is 13.7. The maximum absolute atomic E-state index is 13.7. The molecule has 306 valence electrons. The lowest BCUT2D eigenvalue weighted by Gasteiger charge is -2.35. The van der Waals surface area contributed by atoms with Gasteiger partial charge >= 0.3 is 12.1 Å². The van der Waals surface area contributed by atoms with Crippen LogP contribution < -0.4 is 21.4 Å². The second-order valence-corrected chi connectivity index (χ2v) is 16.1. The van der Waals surface area contributed by atoms with Crippen LogP contribution in [0.5, 0.6) is 0 Å². The minimum Gasteiger partial charge on any atom is -0.457 e. The number of ether oxygens (including phenoxy) is 7. The van der Waals surface area contributed by atoms with Crippen LogP contribution >= 0.6 is 21.6 Å². The number of aromatic nitrogens is 2. The van der Waals surface area contributed by atoms with Crippen molar-refractivity contribution in [2.24, 2.45) is 0 Å². The van der Waals surface area contributed by atoms with Gasteiger partial charge in [-0.1, -0.05) is 59.7 Å². The first-order valence-electron chi connectivity index (χ1n) is 19.3. The molecule has 0 aromatic carbocycles. The zero-order valence-electron chi connectivity index (χ0n) is 32.3. The fourth-order valence-corrected chi connectivity index (χ4v) is 9.72. The van der Waals surface area contributed by atoms with Gasteiger partial charge in [0.15, 0.2) is 0 Å². The Kier molecular flexibility index (Phi) is 17.3. The highest BCUT2D eigenvalue weighted by Gasteiger charge is 2.51. The quantitative estimate of drug-likeness (QED) is 0.0837. The molecule has 14 nitrogen and oxygen atoms in total. The van der Waals surface area contributed by atoms with Crippen LogP contribution in [0, 0.1) is 0 Å². The summed E-state index contributed by atoms with van der Waals surface area (Å²) in [6, 6.07) is 3.67. The second kappa shape index (κ2) is 22.3. The van der Waals surface area contributed by atoms with Gasteiger partial charge in [-0.3, -0.25) is 9.59 Å². The lowest BCUT2D eigenvalue weighted by Crippen LogP contribution is -2.47. The van der Waals surface area contributed by atoms with Crippen LogP contribution in [0.4, 0.5) is 4.79 Å². The number of unbranched alkanes of at least 4 members (excludes halogenated alkanes) is 1. The summed E-state index contributed by atoms with van der Waals surface area (Å²) in [6.45, 7) is 10.5.